The lowest BCUT2D eigenvalue weighted by Gasteiger charge is -2.03. The molecule has 88 valence electrons. The van der Waals surface area contributed by atoms with Gasteiger partial charge in [0.15, 0.2) is 0 Å². The fourth-order valence-corrected chi connectivity index (χ4v) is 2.02. The smallest absolute Gasteiger partial charge is 0.230 e. The second-order valence-corrected chi connectivity index (χ2v) is 4.69. The van der Waals surface area contributed by atoms with Gasteiger partial charge in [-0.2, -0.15) is 0 Å². The van der Waals surface area contributed by atoms with Gasteiger partial charge in [-0.15, -0.1) is 11.3 Å². The van der Waals surface area contributed by atoms with Gasteiger partial charge in [0.1, 0.15) is 5.75 Å². The molecule has 1 aromatic carbocycles. The number of anilines is 1. The van der Waals surface area contributed by atoms with Crippen molar-refractivity contribution in [3.05, 3.63) is 40.3 Å². The first kappa shape index (κ1) is 11.6. The maximum atomic E-state index is 11.7. The Labute approximate surface area is 103 Å². The quantitative estimate of drug-likeness (QED) is 0.819. The highest BCUT2D eigenvalue weighted by atomic mass is 32.1. The Morgan fingerprint density at radius 2 is 2.12 bits per heavy atom. The molecular weight excluding hydrogens is 236 g/mol. The summed E-state index contributed by atoms with van der Waals surface area (Å²) in [6.07, 6.45) is 0.269. The van der Waals surface area contributed by atoms with Gasteiger partial charge >= 0.3 is 0 Å². The Balaban J connectivity index is 1.95. The van der Waals surface area contributed by atoms with Crippen molar-refractivity contribution in [1.82, 2.24) is 4.98 Å². The van der Waals surface area contributed by atoms with Gasteiger partial charge in [0, 0.05) is 11.1 Å². The molecule has 0 saturated heterocycles. The van der Waals surface area contributed by atoms with E-state index in [1.54, 1.807) is 12.1 Å². The molecule has 0 saturated carbocycles. The van der Waals surface area contributed by atoms with Crippen molar-refractivity contribution in [2.45, 2.75) is 13.3 Å². The van der Waals surface area contributed by atoms with E-state index in [0.29, 0.717) is 5.69 Å². The highest BCUT2D eigenvalue weighted by Gasteiger charge is 2.06. The number of phenolic OH excluding ortho intramolecular Hbond substituents is 1. The van der Waals surface area contributed by atoms with E-state index in [1.807, 2.05) is 12.3 Å². The molecular formula is C12H12N2O2S. The Hall–Kier alpha value is -1.88. The van der Waals surface area contributed by atoms with Crippen LogP contribution in [0.25, 0.3) is 0 Å². The summed E-state index contributed by atoms with van der Waals surface area (Å²) in [5.41, 5.74) is 1.45. The Bertz CT molecular complexity index is 520. The number of nitrogens with zero attached hydrogens (tertiary/aromatic N) is 1. The number of aromatic nitrogens is 1. The van der Waals surface area contributed by atoms with Crippen molar-refractivity contribution in [3.8, 4) is 5.75 Å². The third-order valence-corrected chi connectivity index (χ3v) is 2.98. The number of amides is 1. The number of nitrogens with one attached hydrogen (secondary N) is 1. The minimum Gasteiger partial charge on any atom is -0.508 e. The number of aryl methyl sites for hydroxylation is 1. The number of hydrogen-bond acceptors (Lipinski definition) is 4. The largest absolute Gasteiger partial charge is 0.508 e. The summed E-state index contributed by atoms with van der Waals surface area (Å²) in [6, 6.07) is 6.37. The lowest BCUT2D eigenvalue weighted by atomic mass is 10.2. The van der Waals surface area contributed by atoms with E-state index in [9.17, 15) is 4.79 Å². The van der Waals surface area contributed by atoms with Gasteiger partial charge < -0.3 is 10.4 Å². The number of phenols is 1. The second-order valence-electron chi connectivity index (χ2n) is 3.63. The third kappa shape index (κ3) is 3.29. The topological polar surface area (TPSA) is 62.2 Å². The highest BCUT2D eigenvalue weighted by molar-refractivity contribution is 7.09. The molecule has 0 aliphatic carbocycles. The van der Waals surface area contributed by atoms with Crippen molar-refractivity contribution >= 4 is 22.9 Å². The van der Waals surface area contributed by atoms with E-state index in [-0.39, 0.29) is 18.1 Å². The molecule has 1 aromatic heterocycles. The number of rotatable bonds is 3. The summed E-state index contributed by atoms with van der Waals surface area (Å²) in [6.45, 7) is 1.91. The van der Waals surface area contributed by atoms with E-state index in [0.717, 1.165) is 10.7 Å². The number of aromatic hydroxyl groups is 1. The molecule has 2 N–H and O–H groups in total. The van der Waals surface area contributed by atoms with Crippen LogP contribution in [0.4, 0.5) is 5.69 Å². The predicted octanol–water partition coefficient (Wildman–Crippen LogP) is 2.34. The Morgan fingerprint density at radius 1 is 1.41 bits per heavy atom. The molecule has 17 heavy (non-hydrogen) atoms. The number of thiazole rings is 1. The van der Waals surface area contributed by atoms with Crippen molar-refractivity contribution < 1.29 is 9.90 Å². The molecule has 0 atom stereocenters. The molecule has 2 rings (SSSR count). The van der Waals surface area contributed by atoms with E-state index in [1.165, 1.54) is 23.5 Å². The molecule has 0 radical (unpaired) electrons. The lowest BCUT2D eigenvalue weighted by molar-refractivity contribution is -0.115. The first-order valence-corrected chi connectivity index (χ1v) is 6.01. The van der Waals surface area contributed by atoms with Gasteiger partial charge in [-0.25, -0.2) is 4.98 Å². The Kier molecular flexibility index (Phi) is 3.39. The van der Waals surface area contributed by atoms with Gasteiger partial charge in [-0.3, -0.25) is 4.79 Å². The molecule has 0 aliphatic rings. The molecule has 1 amide bonds. The molecule has 0 spiro atoms. The molecule has 5 heteroatoms. The maximum Gasteiger partial charge on any atom is 0.230 e. The predicted molar refractivity (Wildman–Crippen MR) is 67.3 cm³/mol. The van der Waals surface area contributed by atoms with Crippen LogP contribution in [-0.2, 0) is 11.2 Å². The molecule has 1 heterocycles. The fraction of sp³-hybridized carbons (Fsp3) is 0.167. The van der Waals surface area contributed by atoms with Crippen molar-refractivity contribution in [1.29, 1.82) is 0 Å². The van der Waals surface area contributed by atoms with Crippen LogP contribution in [0.2, 0.25) is 0 Å². The molecule has 2 aromatic rings. The highest BCUT2D eigenvalue weighted by Crippen LogP contribution is 2.14. The second kappa shape index (κ2) is 4.97. The summed E-state index contributed by atoms with van der Waals surface area (Å²) < 4.78 is 0. The summed E-state index contributed by atoms with van der Waals surface area (Å²) in [7, 11) is 0. The maximum absolute atomic E-state index is 11.7. The monoisotopic (exact) mass is 248 g/mol. The van der Waals surface area contributed by atoms with Gasteiger partial charge in [-0.1, -0.05) is 0 Å². The summed E-state index contributed by atoms with van der Waals surface area (Å²) in [5.74, 6) is 0.0686. The van der Waals surface area contributed by atoms with Crippen LogP contribution in [-0.4, -0.2) is 16.0 Å². The molecule has 0 unspecified atom stereocenters. The summed E-state index contributed by atoms with van der Waals surface area (Å²) in [4.78, 5) is 15.9. The SMILES string of the molecule is Cc1nc(CC(=O)Nc2ccc(O)cc2)cs1. The average Bonchev–Trinajstić information content (AvgIpc) is 2.67. The van der Waals surface area contributed by atoms with E-state index < -0.39 is 0 Å². The zero-order valence-corrected chi connectivity index (χ0v) is 10.1. The standard InChI is InChI=1S/C12H12N2O2S/c1-8-13-10(7-17-8)6-12(16)14-9-2-4-11(15)5-3-9/h2-5,7,15H,6H2,1H3,(H,14,16). The number of benzene rings is 1. The van der Waals surface area contributed by atoms with Crippen LogP contribution in [0.1, 0.15) is 10.7 Å². The van der Waals surface area contributed by atoms with Crippen molar-refractivity contribution in [3.63, 3.8) is 0 Å². The van der Waals surface area contributed by atoms with Gasteiger partial charge in [0.2, 0.25) is 5.91 Å². The third-order valence-electron chi connectivity index (χ3n) is 2.16. The van der Waals surface area contributed by atoms with Crippen LogP contribution in [0.15, 0.2) is 29.6 Å². The van der Waals surface area contributed by atoms with Crippen molar-refractivity contribution in [2.24, 2.45) is 0 Å². The zero-order valence-electron chi connectivity index (χ0n) is 9.30. The zero-order chi connectivity index (χ0) is 12.3. The van der Waals surface area contributed by atoms with Gasteiger partial charge in [0.05, 0.1) is 17.1 Å². The van der Waals surface area contributed by atoms with Crippen LogP contribution in [0, 0.1) is 6.92 Å². The first-order valence-electron chi connectivity index (χ1n) is 5.13. The number of carbonyl (C=O) groups excluding carboxylic acids is 1. The fourth-order valence-electron chi connectivity index (χ4n) is 1.40. The summed E-state index contributed by atoms with van der Waals surface area (Å²) in [5, 5.41) is 14.7. The normalized spacial score (nSPS) is 10.2. The van der Waals surface area contributed by atoms with Crippen LogP contribution >= 0.6 is 11.3 Å². The first-order chi connectivity index (χ1) is 8.13. The summed E-state index contributed by atoms with van der Waals surface area (Å²) >= 11 is 1.53. The lowest BCUT2D eigenvalue weighted by Crippen LogP contribution is -2.14. The minimum absolute atomic E-state index is 0.110. The minimum atomic E-state index is -0.110. The van der Waals surface area contributed by atoms with Gasteiger partial charge in [0.25, 0.3) is 0 Å². The average molecular weight is 248 g/mol. The van der Waals surface area contributed by atoms with Crippen molar-refractivity contribution in [2.75, 3.05) is 5.32 Å². The molecule has 0 aliphatic heterocycles. The molecule has 4 nitrogen and oxygen atoms in total. The van der Waals surface area contributed by atoms with Crippen LogP contribution in [0.3, 0.4) is 0 Å². The Morgan fingerprint density at radius 3 is 2.71 bits per heavy atom. The van der Waals surface area contributed by atoms with E-state index in [4.69, 9.17) is 5.11 Å². The van der Waals surface area contributed by atoms with E-state index in [2.05, 4.69) is 10.3 Å². The molecule has 0 bridgehead atoms. The number of hydrogen-bond donors (Lipinski definition) is 2. The number of carbonyl (C=O) groups is 1. The van der Waals surface area contributed by atoms with Crippen LogP contribution < -0.4 is 5.32 Å². The van der Waals surface area contributed by atoms with Gasteiger partial charge in [-0.05, 0) is 31.2 Å². The van der Waals surface area contributed by atoms with E-state index >= 15 is 0 Å². The van der Waals surface area contributed by atoms with Crippen LogP contribution in [0.5, 0.6) is 5.75 Å². The molecule has 0 fully saturated rings.